The van der Waals surface area contributed by atoms with Crippen molar-refractivity contribution >= 4 is 31.5 Å². The molecular formula is C18H34O4Si3. The zero-order valence-corrected chi connectivity index (χ0v) is 20.0. The molecule has 0 aliphatic heterocycles. The van der Waals surface area contributed by atoms with Crippen LogP contribution in [0.15, 0.2) is 24.3 Å². The summed E-state index contributed by atoms with van der Waals surface area (Å²) < 4.78 is 19.0. The van der Waals surface area contributed by atoms with Crippen LogP contribution in [0.4, 0.5) is 0 Å². The topological polar surface area (TPSA) is 44.8 Å². The smallest absolute Gasteiger partial charge is 0.314 e. The molecule has 1 rings (SSSR count). The van der Waals surface area contributed by atoms with E-state index in [-0.39, 0.29) is 0 Å². The van der Waals surface area contributed by atoms with Gasteiger partial charge in [-0.1, -0.05) is 19.1 Å². The molecule has 0 aromatic heterocycles. The molecule has 0 aliphatic rings. The molecule has 1 aromatic carbocycles. The van der Waals surface area contributed by atoms with Gasteiger partial charge in [-0.15, -0.1) is 0 Å². The Morgan fingerprint density at radius 2 is 1.48 bits per heavy atom. The summed E-state index contributed by atoms with van der Waals surface area (Å²) in [5, 5.41) is 0. The second kappa shape index (κ2) is 8.77. The minimum Gasteiger partial charge on any atom is -0.493 e. The molecule has 25 heavy (non-hydrogen) atoms. The van der Waals surface area contributed by atoms with E-state index in [4.69, 9.17) is 13.0 Å². The van der Waals surface area contributed by atoms with Gasteiger partial charge in [0.2, 0.25) is 0 Å². The Morgan fingerprint density at radius 3 is 1.96 bits per heavy atom. The first-order valence-electron chi connectivity index (χ1n) is 8.91. The number of carbonyl (C=O) groups excluding carboxylic acids is 1. The summed E-state index contributed by atoms with van der Waals surface area (Å²) in [6.07, 6.45) is 0.835. The van der Waals surface area contributed by atoms with Gasteiger partial charge in [-0.3, -0.25) is 4.79 Å². The minimum absolute atomic E-state index is 0.295. The average Bonchev–Trinajstić information content (AvgIpc) is 2.40. The molecule has 7 heteroatoms. The number of para-hydroxylation sites is 1. The van der Waals surface area contributed by atoms with Crippen LogP contribution in [0.2, 0.25) is 51.9 Å². The summed E-state index contributed by atoms with van der Waals surface area (Å²) in [5.41, 5.74) is 0.589. The summed E-state index contributed by atoms with van der Waals surface area (Å²) >= 11 is 0. The molecule has 0 spiro atoms. The van der Waals surface area contributed by atoms with E-state index in [1.165, 1.54) is 0 Å². The van der Waals surface area contributed by atoms with Crippen molar-refractivity contribution in [3.05, 3.63) is 29.8 Å². The Labute approximate surface area is 156 Å². The lowest BCUT2D eigenvalue weighted by Crippen LogP contribution is -2.53. The molecule has 0 radical (unpaired) electrons. The standard InChI is InChI=1S/C18H34O4Si3/c1-16(14-20-18-12-10-9-11-17(18)13-19)15-25(8,21-23(2,3)4)22-24(5,6)7/h9-13,16H,14-15H2,1-8H3. The van der Waals surface area contributed by atoms with E-state index in [9.17, 15) is 4.79 Å². The maximum Gasteiger partial charge on any atom is 0.314 e. The molecule has 0 fully saturated rings. The molecule has 1 aromatic rings. The number of rotatable bonds is 10. The van der Waals surface area contributed by atoms with Gasteiger partial charge < -0.3 is 13.0 Å². The molecule has 0 aliphatic carbocycles. The lowest BCUT2D eigenvalue weighted by Gasteiger charge is -2.39. The Kier molecular flexibility index (Phi) is 7.82. The molecule has 0 N–H and O–H groups in total. The average molecular weight is 399 g/mol. The van der Waals surface area contributed by atoms with Crippen molar-refractivity contribution < 1.29 is 17.8 Å². The minimum atomic E-state index is -2.27. The second-order valence-electron chi connectivity index (χ2n) is 8.84. The van der Waals surface area contributed by atoms with Gasteiger partial charge in [0.15, 0.2) is 22.9 Å². The lowest BCUT2D eigenvalue weighted by molar-refractivity contribution is 0.111. The molecule has 142 valence electrons. The maximum atomic E-state index is 11.1. The van der Waals surface area contributed by atoms with Crippen molar-refractivity contribution in [1.29, 1.82) is 0 Å². The van der Waals surface area contributed by atoms with Gasteiger partial charge in [0, 0.05) is 0 Å². The zero-order valence-electron chi connectivity index (χ0n) is 17.0. The van der Waals surface area contributed by atoms with Crippen molar-refractivity contribution in [3.63, 3.8) is 0 Å². The highest BCUT2D eigenvalue weighted by molar-refractivity contribution is 6.87. The van der Waals surface area contributed by atoms with E-state index >= 15 is 0 Å². The van der Waals surface area contributed by atoms with E-state index in [1.807, 2.05) is 18.2 Å². The van der Waals surface area contributed by atoms with E-state index < -0.39 is 25.2 Å². The van der Waals surface area contributed by atoms with Crippen molar-refractivity contribution in [1.82, 2.24) is 0 Å². The molecule has 0 saturated carbocycles. The third kappa shape index (κ3) is 8.96. The number of hydrogen-bond donors (Lipinski definition) is 0. The highest BCUT2D eigenvalue weighted by atomic mass is 28.5. The Balaban J connectivity index is 2.77. The normalized spacial score (nSPS) is 14.2. The van der Waals surface area contributed by atoms with Crippen LogP contribution >= 0.6 is 0 Å². The number of aldehydes is 1. The Bertz CT molecular complexity index is 548. The largest absolute Gasteiger partial charge is 0.493 e. The zero-order chi connectivity index (χ0) is 19.3. The van der Waals surface area contributed by atoms with Crippen LogP contribution in [0.1, 0.15) is 17.3 Å². The predicted molar refractivity (Wildman–Crippen MR) is 112 cm³/mol. The maximum absolute atomic E-state index is 11.1. The van der Waals surface area contributed by atoms with Gasteiger partial charge in [0.05, 0.1) is 12.2 Å². The summed E-state index contributed by atoms with van der Waals surface area (Å²) in [7, 11) is -5.65. The van der Waals surface area contributed by atoms with Crippen molar-refractivity contribution in [3.8, 4) is 5.75 Å². The fourth-order valence-corrected chi connectivity index (χ4v) is 16.0. The van der Waals surface area contributed by atoms with Crippen LogP contribution in [-0.2, 0) is 8.23 Å². The number of hydrogen-bond acceptors (Lipinski definition) is 4. The van der Waals surface area contributed by atoms with Crippen LogP contribution in [0.25, 0.3) is 0 Å². The fraction of sp³-hybridized carbons (Fsp3) is 0.611. The number of ether oxygens (including phenoxy) is 1. The highest BCUT2D eigenvalue weighted by Crippen LogP contribution is 2.28. The second-order valence-corrected chi connectivity index (χ2v) is 21.6. The number of benzene rings is 1. The van der Waals surface area contributed by atoms with Gasteiger partial charge in [-0.2, -0.15) is 0 Å². The van der Waals surface area contributed by atoms with E-state index in [2.05, 4.69) is 52.8 Å². The first-order valence-corrected chi connectivity index (χ1v) is 18.2. The quantitative estimate of drug-likeness (QED) is 0.397. The lowest BCUT2D eigenvalue weighted by atomic mass is 10.2. The third-order valence-corrected chi connectivity index (χ3v) is 13.1. The van der Waals surface area contributed by atoms with Gasteiger partial charge in [0.1, 0.15) is 5.75 Å². The molecule has 1 unspecified atom stereocenters. The van der Waals surface area contributed by atoms with Crippen molar-refractivity contribution in [2.75, 3.05) is 6.61 Å². The van der Waals surface area contributed by atoms with Crippen LogP contribution < -0.4 is 4.74 Å². The molecular weight excluding hydrogens is 364 g/mol. The van der Waals surface area contributed by atoms with Gasteiger partial charge in [0.25, 0.3) is 0 Å². The van der Waals surface area contributed by atoms with Gasteiger partial charge >= 0.3 is 8.56 Å². The van der Waals surface area contributed by atoms with Crippen molar-refractivity contribution in [2.24, 2.45) is 5.92 Å². The fourth-order valence-electron chi connectivity index (χ4n) is 3.03. The van der Waals surface area contributed by atoms with Crippen molar-refractivity contribution in [2.45, 2.75) is 58.8 Å². The summed E-state index contributed by atoms with van der Waals surface area (Å²) in [6, 6.07) is 8.23. The van der Waals surface area contributed by atoms with E-state index in [1.54, 1.807) is 6.07 Å². The molecule has 1 atom stereocenters. The van der Waals surface area contributed by atoms with Crippen LogP contribution in [0, 0.1) is 5.92 Å². The van der Waals surface area contributed by atoms with Crippen LogP contribution in [0.5, 0.6) is 5.75 Å². The summed E-state index contributed by atoms with van der Waals surface area (Å²) in [6.45, 7) is 18.2. The Hall–Kier alpha value is -0.739. The first-order chi connectivity index (χ1) is 11.3. The van der Waals surface area contributed by atoms with Gasteiger partial charge in [-0.05, 0) is 69.9 Å². The number of carbonyl (C=O) groups is 1. The molecule has 0 saturated heterocycles. The molecule has 0 amide bonds. The third-order valence-electron chi connectivity index (χ3n) is 3.33. The first kappa shape index (κ1) is 22.3. The molecule has 4 nitrogen and oxygen atoms in total. The molecule has 0 heterocycles. The van der Waals surface area contributed by atoms with Gasteiger partial charge in [-0.25, -0.2) is 0 Å². The Morgan fingerprint density at radius 1 is 0.960 bits per heavy atom. The monoisotopic (exact) mass is 398 g/mol. The SMILES string of the molecule is CC(COc1ccccc1C=O)C[Si](C)(O[Si](C)(C)C)O[Si](C)(C)C. The van der Waals surface area contributed by atoms with E-state index in [0.29, 0.717) is 23.8 Å². The summed E-state index contributed by atoms with van der Waals surface area (Å²) in [4.78, 5) is 11.1. The summed E-state index contributed by atoms with van der Waals surface area (Å²) in [5.74, 6) is 0.939. The van der Waals surface area contributed by atoms with E-state index in [0.717, 1.165) is 12.3 Å². The van der Waals surface area contributed by atoms with Crippen LogP contribution in [0.3, 0.4) is 0 Å². The van der Waals surface area contributed by atoms with Crippen LogP contribution in [-0.4, -0.2) is 38.1 Å². The molecule has 0 bridgehead atoms. The highest BCUT2D eigenvalue weighted by Gasteiger charge is 2.41. The predicted octanol–water partition coefficient (Wildman–Crippen LogP) is 5.29.